The molecule has 4 nitrogen and oxygen atoms in total. The van der Waals surface area contributed by atoms with Gasteiger partial charge in [0.2, 0.25) is 5.91 Å². The second-order valence-corrected chi connectivity index (χ2v) is 3.83. The number of nitrogens with zero attached hydrogens (tertiary/aromatic N) is 2. The first-order chi connectivity index (χ1) is 7.79. The minimum Gasteiger partial charge on any atom is -0.326 e. The van der Waals surface area contributed by atoms with Crippen LogP contribution < -0.4 is 5.32 Å². The van der Waals surface area contributed by atoms with Gasteiger partial charge in [0.05, 0.1) is 5.52 Å². The molecule has 0 saturated carbocycles. The fourth-order valence-corrected chi connectivity index (χ4v) is 1.58. The van der Waals surface area contributed by atoms with Crippen molar-refractivity contribution in [2.75, 3.05) is 11.2 Å². The molecule has 0 atom stereocenters. The quantitative estimate of drug-likeness (QED) is 0.830. The van der Waals surface area contributed by atoms with Gasteiger partial charge in [-0.15, -0.1) is 11.6 Å². The van der Waals surface area contributed by atoms with Crippen molar-refractivity contribution in [3.05, 3.63) is 30.6 Å². The number of rotatable bonds is 4. The third-order valence-corrected chi connectivity index (χ3v) is 2.49. The molecule has 2 aromatic rings. The van der Waals surface area contributed by atoms with E-state index in [4.69, 9.17) is 11.6 Å². The summed E-state index contributed by atoms with van der Waals surface area (Å²) in [6.45, 7) is 0. The number of hydrogen-bond donors (Lipinski definition) is 1. The molecule has 2 rings (SSSR count). The number of anilines is 1. The maximum absolute atomic E-state index is 11.5. The number of carbonyl (C=O) groups excluding carboxylic acids is 1. The Labute approximate surface area is 98.2 Å². The molecule has 2 aromatic heterocycles. The highest BCUT2D eigenvalue weighted by Crippen LogP contribution is 2.11. The number of halogens is 1. The summed E-state index contributed by atoms with van der Waals surface area (Å²) >= 11 is 5.52. The highest BCUT2D eigenvalue weighted by atomic mass is 35.5. The number of fused-ring (bicyclic) bond motifs is 1. The van der Waals surface area contributed by atoms with Crippen LogP contribution in [-0.2, 0) is 4.79 Å². The van der Waals surface area contributed by atoms with Gasteiger partial charge in [0.25, 0.3) is 0 Å². The van der Waals surface area contributed by atoms with Crippen LogP contribution in [-0.4, -0.2) is 21.4 Å². The van der Waals surface area contributed by atoms with Crippen molar-refractivity contribution in [1.82, 2.24) is 9.61 Å². The monoisotopic (exact) mass is 237 g/mol. The second-order valence-electron chi connectivity index (χ2n) is 3.46. The van der Waals surface area contributed by atoms with E-state index in [-0.39, 0.29) is 5.91 Å². The minimum absolute atomic E-state index is 0.00971. The zero-order valence-electron chi connectivity index (χ0n) is 8.69. The van der Waals surface area contributed by atoms with E-state index in [9.17, 15) is 4.79 Å². The SMILES string of the molecule is O=C(CCCCl)Nc1ccn2nccc2c1. The molecule has 2 heterocycles. The summed E-state index contributed by atoms with van der Waals surface area (Å²) in [5, 5.41) is 6.90. The van der Waals surface area contributed by atoms with Crippen molar-refractivity contribution in [3.8, 4) is 0 Å². The maximum Gasteiger partial charge on any atom is 0.224 e. The molecule has 5 heteroatoms. The topological polar surface area (TPSA) is 46.4 Å². The van der Waals surface area contributed by atoms with Crippen LogP contribution in [0.15, 0.2) is 30.6 Å². The molecule has 0 aliphatic carbocycles. The lowest BCUT2D eigenvalue weighted by molar-refractivity contribution is -0.116. The summed E-state index contributed by atoms with van der Waals surface area (Å²) in [6.07, 6.45) is 4.68. The van der Waals surface area contributed by atoms with Gasteiger partial charge < -0.3 is 5.32 Å². The normalized spacial score (nSPS) is 10.6. The van der Waals surface area contributed by atoms with Crippen molar-refractivity contribution in [1.29, 1.82) is 0 Å². The Morgan fingerprint density at radius 3 is 3.19 bits per heavy atom. The van der Waals surface area contributed by atoms with Gasteiger partial charge in [0, 0.05) is 30.4 Å². The first-order valence-electron chi connectivity index (χ1n) is 5.09. The van der Waals surface area contributed by atoms with Crippen molar-refractivity contribution in [3.63, 3.8) is 0 Å². The minimum atomic E-state index is -0.00971. The van der Waals surface area contributed by atoms with Gasteiger partial charge in [-0.1, -0.05) is 0 Å². The van der Waals surface area contributed by atoms with Crippen LogP contribution in [0.5, 0.6) is 0 Å². The number of carbonyl (C=O) groups is 1. The molecule has 0 fully saturated rings. The summed E-state index contributed by atoms with van der Waals surface area (Å²) in [5.74, 6) is 0.499. The van der Waals surface area contributed by atoms with E-state index in [0.29, 0.717) is 18.7 Å². The zero-order chi connectivity index (χ0) is 11.4. The Kier molecular flexibility index (Phi) is 3.41. The summed E-state index contributed by atoms with van der Waals surface area (Å²) in [7, 11) is 0. The molecule has 0 bridgehead atoms. The number of amides is 1. The summed E-state index contributed by atoms with van der Waals surface area (Å²) in [5.41, 5.74) is 1.74. The lowest BCUT2D eigenvalue weighted by atomic mass is 10.3. The van der Waals surface area contributed by atoms with Crippen molar-refractivity contribution >= 4 is 28.7 Å². The Hall–Kier alpha value is -1.55. The van der Waals surface area contributed by atoms with E-state index in [2.05, 4.69) is 10.4 Å². The van der Waals surface area contributed by atoms with E-state index >= 15 is 0 Å². The molecule has 0 radical (unpaired) electrons. The summed E-state index contributed by atoms with van der Waals surface area (Å²) in [4.78, 5) is 11.5. The molecule has 1 amide bonds. The van der Waals surface area contributed by atoms with Crippen molar-refractivity contribution in [2.24, 2.45) is 0 Å². The van der Waals surface area contributed by atoms with Gasteiger partial charge in [-0.3, -0.25) is 4.79 Å². The van der Waals surface area contributed by atoms with E-state index < -0.39 is 0 Å². The smallest absolute Gasteiger partial charge is 0.224 e. The molecule has 16 heavy (non-hydrogen) atoms. The fraction of sp³-hybridized carbons (Fsp3) is 0.273. The lowest BCUT2D eigenvalue weighted by Gasteiger charge is -2.04. The number of pyridine rings is 1. The van der Waals surface area contributed by atoms with Crippen LogP contribution >= 0.6 is 11.6 Å². The third kappa shape index (κ3) is 2.52. The molecule has 0 unspecified atom stereocenters. The first-order valence-corrected chi connectivity index (χ1v) is 5.62. The molecule has 84 valence electrons. The van der Waals surface area contributed by atoms with Crippen molar-refractivity contribution in [2.45, 2.75) is 12.8 Å². The largest absolute Gasteiger partial charge is 0.326 e. The molecular weight excluding hydrogens is 226 g/mol. The number of nitrogens with one attached hydrogen (secondary N) is 1. The van der Waals surface area contributed by atoms with Crippen LogP contribution in [0.1, 0.15) is 12.8 Å². The maximum atomic E-state index is 11.5. The highest BCUT2D eigenvalue weighted by molar-refractivity contribution is 6.18. The first kappa shape index (κ1) is 11.0. The Morgan fingerprint density at radius 2 is 2.38 bits per heavy atom. The van der Waals surface area contributed by atoms with Crippen LogP contribution in [0.2, 0.25) is 0 Å². The Balaban J connectivity index is 2.06. The van der Waals surface area contributed by atoms with Crippen LogP contribution in [0.3, 0.4) is 0 Å². The number of hydrogen-bond acceptors (Lipinski definition) is 2. The molecule has 0 aliphatic heterocycles. The average Bonchev–Trinajstić information content (AvgIpc) is 2.73. The lowest BCUT2D eigenvalue weighted by Crippen LogP contribution is -2.11. The summed E-state index contributed by atoms with van der Waals surface area (Å²) < 4.78 is 1.74. The van der Waals surface area contributed by atoms with E-state index in [0.717, 1.165) is 11.2 Å². The summed E-state index contributed by atoms with van der Waals surface area (Å²) in [6, 6.07) is 5.58. The Morgan fingerprint density at radius 1 is 1.50 bits per heavy atom. The van der Waals surface area contributed by atoms with Crippen LogP contribution in [0.25, 0.3) is 5.52 Å². The van der Waals surface area contributed by atoms with Gasteiger partial charge in [0.1, 0.15) is 0 Å². The van der Waals surface area contributed by atoms with Gasteiger partial charge in [0.15, 0.2) is 0 Å². The van der Waals surface area contributed by atoms with Gasteiger partial charge in [-0.2, -0.15) is 5.10 Å². The molecular formula is C11H12ClN3O. The van der Waals surface area contributed by atoms with E-state index in [1.54, 1.807) is 10.7 Å². The van der Waals surface area contributed by atoms with Gasteiger partial charge in [-0.05, 0) is 24.6 Å². The third-order valence-electron chi connectivity index (χ3n) is 2.22. The van der Waals surface area contributed by atoms with Crippen molar-refractivity contribution < 1.29 is 4.79 Å². The second kappa shape index (κ2) is 4.99. The predicted octanol–water partition coefficient (Wildman–Crippen LogP) is 2.29. The Bertz CT molecular complexity index is 495. The van der Waals surface area contributed by atoms with Crippen LogP contribution in [0, 0.1) is 0 Å². The van der Waals surface area contributed by atoms with Gasteiger partial charge >= 0.3 is 0 Å². The fourth-order valence-electron chi connectivity index (χ4n) is 1.45. The number of alkyl halides is 1. The molecule has 0 saturated heterocycles. The van der Waals surface area contributed by atoms with E-state index in [1.807, 2.05) is 24.4 Å². The van der Waals surface area contributed by atoms with E-state index in [1.165, 1.54) is 0 Å². The molecule has 0 aliphatic rings. The molecule has 1 N–H and O–H groups in total. The van der Waals surface area contributed by atoms with Gasteiger partial charge in [-0.25, -0.2) is 4.52 Å². The molecule has 0 aromatic carbocycles. The molecule has 0 spiro atoms. The average molecular weight is 238 g/mol. The zero-order valence-corrected chi connectivity index (χ0v) is 9.44. The number of aromatic nitrogens is 2. The standard InChI is InChI=1S/C11H12ClN3O/c12-5-1-2-11(16)14-9-4-7-15-10(8-9)3-6-13-15/h3-4,6-8H,1-2,5H2,(H,14,16). The highest BCUT2D eigenvalue weighted by Gasteiger charge is 2.02. The van der Waals surface area contributed by atoms with Crippen LogP contribution in [0.4, 0.5) is 5.69 Å². The predicted molar refractivity (Wildman–Crippen MR) is 63.8 cm³/mol.